The monoisotopic (exact) mass is 247 g/mol. The fourth-order valence-electron chi connectivity index (χ4n) is 1.78. The molecular formula is C13H21N5. The van der Waals surface area contributed by atoms with E-state index >= 15 is 0 Å². The highest BCUT2D eigenvalue weighted by atomic mass is 15.2. The van der Waals surface area contributed by atoms with Crippen LogP contribution < -0.4 is 5.32 Å². The minimum Gasteiger partial charge on any atom is -0.356 e. The zero-order chi connectivity index (χ0) is 13.3. The lowest BCUT2D eigenvalue weighted by Crippen LogP contribution is -2.11. The Morgan fingerprint density at radius 1 is 1.28 bits per heavy atom. The van der Waals surface area contributed by atoms with E-state index in [-0.39, 0.29) is 5.41 Å². The van der Waals surface area contributed by atoms with Gasteiger partial charge in [0.05, 0.1) is 6.20 Å². The van der Waals surface area contributed by atoms with E-state index in [0.29, 0.717) is 0 Å². The molecular weight excluding hydrogens is 226 g/mol. The number of nitrogens with zero attached hydrogens (tertiary/aromatic N) is 3. The Kier molecular flexibility index (Phi) is 3.15. The van der Waals surface area contributed by atoms with Gasteiger partial charge in [0, 0.05) is 30.9 Å². The highest BCUT2D eigenvalue weighted by Crippen LogP contribution is 2.24. The number of anilines is 1. The second kappa shape index (κ2) is 4.48. The van der Waals surface area contributed by atoms with Crippen LogP contribution in [0, 0.1) is 0 Å². The van der Waals surface area contributed by atoms with E-state index < -0.39 is 0 Å². The Morgan fingerprint density at radius 2 is 2.00 bits per heavy atom. The van der Waals surface area contributed by atoms with Gasteiger partial charge in [0.25, 0.3) is 0 Å². The normalized spacial score (nSPS) is 11.8. The minimum atomic E-state index is 0.0777. The number of aromatic amines is 1. The van der Waals surface area contributed by atoms with Gasteiger partial charge in [-0.25, -0.2) is 9.97 Å². The molecule has 2 aromatic rings. The molecule has 0 saturated heterocycles. The SMILES string of the molecule is CCNc1ncc(-c2ncc(C(C)(C)C)[nH]2)n1C. The first-order chi connectivity index (χ1) is 8.43. The maximum absolute atomic E-state index is 4.44. The summed E-state index contributed by atoms with van der Waals surface area (Å²) in [5, 5.41) is 3.21. The maximum atomic E-state index is 4.44. The third kappa shape index (κ3) is 2.25. The van der Waals surface area contributed by atoms with Crippen molar-refractivity contribution in [3.8, 4) is 11.5 Å². The van der Waals surface area contributed by atoms with Gasteiger partial charge in [0.1, 0.15) is 5.69 Å². The van der Waals surface area contributed by atoms with E-state index in [0.717, 1.165) is 29.7 Å². The molecule has 0 unspecified atom stereocenters. The van der Waals surface area contributed by atoms with Crippen molar-refractivity contribution in [3.05, 3.63) is 18.1 Å². The van der Waals surface area contributed by atoms with Crippen molar-refractivity contribution in [2.45, 2.75) is 33.1 Å². The van der Waals surface area contributed by atoms with Crippen molar-refractivity contribution in [1.82, 2.24) is 19.5 Å². The molecule has 2 N–H and O–H groups in total. The van der Waals surface area contributed by atoms with Gasteiger partial charge in [-0.2, -0.15) is 0 Å². The van der Waals surface area contributed by atoms with Crippen molar-refractivity contribution in [1.29, 1.82) is 0 Å². The Labute approximate surface area is 108 Å². The third-order valence-electron chi connectivity index (χ3n) is 2.95. The molecule has 0 atom stereocenters. The third-order valence-corrected chi connectivity index (χ3v) is 2.95. The van der Waals surface area contributed by atoms with Crippen LogP contribution in [0.2, 0.25) is 0 Å². The standard InChI is InChI=1S/C13H21N5/c1-6-14-12-16-7-9(18(12)5)11-15-8-10(17-11)13(2,3)4/h7-8H,6H2,1-5H3,(H,14,16)(H,15,17). The van der Waals surface area contributed by atoms with Gasteiger partial charge in [-0.3, -0.25) is 0 Å². The van der Waals surface area contributed by atoms with Gasteiger partial charge in [-0.1, -0.05) is 20.8 Å². The number of H-pyrrole nitrogens is 1. The summed E-state index contributed by atoms with van der Waals surface area (Å²) in [5.41, 5.74) is 2.19. The molecule has 0 aromatic carbocycles. The maximum Gasteiger partial charge on any atom is 0.203 e. The topological polar surface area (TPSA) is 58.5 Å². The van der Waals surface area contributed by atoms with Crippen LogP contribution in [0.25, 0.3) is 11.5 Å². The van der Waals surface area contributed by atoms with Crippen LogP contribution in [0.5, 0.6) is 0 Å². The summed E-state index contributed by atoms with van der Waals surface area (Å²) in [6.45, 7) is 9.40. The van der Waals surface area contributed by atoms with Crippen molar-refractivity contribution < 1.29 is 0 Å². The first-order valence-corrected chi connectivity index (χ1v) is 6.25. The number of imidazole rings is 2. The molecule has 0 bridgehead atoms. The second-order valence-electron chi connectivity index (χ2n) is 5.45. The lowest BCUT2D eigenvalue weighted by atomic mass is 9.93. The second-order valence-corrected chi connectivity index (χ2v) is 5.45. The van der Waals surface area contributed by atoms with Crippen molar-refractivity contribution in [3.63, 3.8) is 0 Å². The molecule has 0 radical (unpaired) electrons. The average Bonchev–Trinajstić information content (AvgIpc) is 2.86. The number of aromatic nitrogens is 4. The molecule has 2 heterocycles. The van der Waals surface area contributed by atoms with Gasteiger partial charge >= 0.3 is 0 Å². The highest BCUT2D eigenvalue weighted by Gasteiger charge is 2.18. The van der Waals surface area contributed by atoms with E-state index in [1.54, 1.807) is 0 Å². The molecule has 2 aromatic heterocycles. The average molecular weight is 247 g/mol. The lowest BCUT2D eigenvalue weighted by molar-refractivity contribution is 0.572. The van der Waals surface area contributed by atoms with E-state index in [9.17, 15) is 0 Å². The van der Waals surface area contributed by atoms with E-state index in [2.05, 4.69) is 48.0 Å². The predicted octanol–water partition coefficient (Wildman–Crippen LogP) is 2.54. The van der Waals surface area contributed by atoms with Crippen LogP contribution in [0.1, 0.15) is 33.4 Å². The lowest BCUT2D eigenvalue weighted by Gasteiger charge is -2.15. The van der Waals surface area contributed by atoms with Crippen LogP contribution in [0.3, 0.4) is 0 Å². The minimum absolute atomic E-state index is 0.0777. The molecule has 98 valence electrons. The van der Waals surface area contributed by atoms with Crippen molar-refractivity contribution in [2.75, 3.05) is 11.9 Å². The molecule has 0 fully saturated rings. The number of hydrogen-bond donors (Lipinski definition) is 2. The number of rotatable bonds is 3. The molecule has 5 nitrogen and oxygen atoms in total. The first-order valence-electron chi connectivity index (χ1n) is 6.25. The molecule has 2 rings (SSSR count). The van der Waals surface area contributed by atoms with Crippen LogP contribution in [0.4, 0.5) is 5.95 Å². The van der Waals surface area contributed by atoms with E-state index in [1.165, 1.54) is 0 Å². The molecule has 0 aliphatic rings. The van der Waals surface area contributed by atoms with Gasteiger partial charge in [0.15, 0.2) is 5.82 Å². The molecule has 18 heavy (non-hydrogen) atoms. The van der Waals surface area contributed by atoms with Gasteiger partial charge in [-0.05, 0) is 6.92 Å². The fraction of sp³-hybridized carbons (Fsp3) is 0.538. The summed E-state index contributed by atoms with van der Waals surface area (Å²) in [4.78, 5) is 12.2. The molecule has 0 saturated carbocycles. The largest absolute Gasteiger partial charge is 0.356 e. The van der Waals surface area contributed by atoms with E-state index in [1.807, 2.05) is 24.0 Å². The Morgan fingerprint density at radius 3 is 2.56 bits per heavy atom. The Hall–Kier alpha value is -1.78. The predicted molar refractivity (Wildman–Crippen MR) is 73.7 cm³/mol. The zero-order valence-corrected chi connectivity index (χ0v) is 11.7. The summed E-state index contributed by atoms with van der Waals surface area (Å²) >= 11 is 0. The van der Waals surface area contributed by atoms with E-state index in [4.69, 9.17) is 0 Å². The van der Waals surface area contributed by atoms with Gasteiger partial charge < -0.3 is 14.9 Å². The quantitative estimate of drug-likeness (QED) is 0.876. The smallest absolute Gasteiger partial charge is 0.203 e. The molecule has 0 aliphatic heterocycles. The van der Waals surface area contributed by atoms with Crippen LogP contribution in [0.15, 0.2) is 12.4 Å². The van der Waals surface area contributed by atoms with Gasteiger partial charge in [-0.15, -0.1) is 0 Å². The van der Waals surface area contributed by atoms with Crippen LogP contribution in [-0.2, 0) is 12.5 Å². The summed E-state index contributed by atoms with van der Waals surface area (Å²) in [7, 11) is 1.99. The molecule has 5 heteroatoms. The number of nitrogens with one attached hydrogen (secondary N) is 2. The summed E-state index contributed by atoms with van der Waals surface area (Å²) in [6, 6.07) is 0. The summed E-state index contributed by atoms with van der Waals surface area (Å²) in [5.74, 6) is 1.72. The molecule has 0 amide bonds. The number of hydrogen-bond acceptors (Lipinski definition) is 3. The van der Waals surface area contributed by atoms with Crippen molar-refractivity contribution >= 4 is 5.95 Å². The van der Waals surface area contributed by atoms with Crippen LogP contribution >= 0.6 is 0 Å². The molecule has 0 aliphatic carbocycles. The Balaban J connectivity index is 2.35. The highest BCUT2D eigenvalue weighted by molar-refractivity contribution is 5.53. The zero-order valence-electron chi connectivity index (χ0n) is 11.7. The van der Waals surface area contributed by atoms with Crippen molar-refractivity contribution in [2.24, 2.45) is 7.05 Å². The molecule has 0 spiro atoms. The summed E-state index contributed by atoms with van der Waals surface area (Å²) < 4.78 is 2.01. The summed E-state index contributed by atoms with van der Waals surface area (Å²) in [6.07, 6.45) is 3.73. The first kappa shape index (κ1) is 12.7. The Bertz CT molecular complexity index is 530. The van der Waals surface area contributed by atoms with Gasteiger partial charge in [0.2, 0.25) is 5.95 Å². The van der Waals surface area contributed by atoms with Crippen LogP contribution in [-0.4, -0.2) is 26.1 Å². The fourth-order valence-corrected chi connectivity index (χ4v) is 1.78.